The summed E-state index contributed by atoms with van der Waals surface area (Å²) in [6.07, 6.45) is 2.02. The fourth-order valence-corrected chi connectivity index (χ4v) is 5.00. The van der Waals surface area contributed by atoms with E-state index in [1.54, 1.807) is 0 Å². The molecule has 0 radical (unpaired) electrons. The van der Waals surface area contributed by atoms with Crippen molar-refractivity contribution in [3.63, 3.8) is 0 Å². The first-order chi connectivity index (χ1) is 9.38. The third-order valence-corrected chi connectivity index (χ3v) is 6.23. The summed E-state index contributed by atoms with van der Waals surface area (Å²) in [5.41, 5.74) is 8.03. The second kappa shape index (κ2) is 6.03. The van der Waals surface area contributed by atoms with Crippen LogP contribution in [-0.2, 0) is 29.2 Å². The number of halogens is 1. The summed E-state index contributed by atoms with van der Waals surface area (Å²) in [7, 11) is -2.89. The fourth-order valence-electron chi connectivity index (χ4n) is 2.76. The smallest absolute Gasteiger partial charge is 0.150 e. The van der Waals surface area contributed by atoms with E-state index in [1.165, 1.54) is 0 Å². The van der Waals surface area contributed by atoms with Gasteiger partial charge in [0.1, 0.15) is 0 Å². The molecule has 0 bridgehead atoms. The van der Waals surface area contributed by atoms with Crippen LogP contribution < -0.4 is 5.73 Å². The van der Waals surface area contributed by atoms with Crippen molar-refractivity contribution in [2.45, 2.75) is 45.7 Å². The summed E-state index contributed by atoms with van der Waals surface area (Å²) in [6.45, 7) is 4.77. The highest BCUT2D eigenvalue weighted by atomic mass is 35.5. The predicted octanol–water partition coefficient (Wildman–Crippen LogP) is 1.42. The van der Waals surface area contributed by atoms with Crippen LogP contribution >= 0.6 is 11.6 Å². The molecule has 0 saturated carbocycles. The summed E-state index contributed by atoms with van der Waals surface area (Å²) in [5.74, 6) is 0.486. The second-order valence-corrected chi connectivity index (χ2v) is 8.01. The molecule has 1 saturated heterocycles. The van der Waals surface area contributed by atoms with Gasteiger partial charge in [-0.15, -0.1) is 0 Å². The van der Waals surface area contributed by atoms with Crippen molar-refractivity contribution in [1.29, 1.82) is 0 Å². The first-order valence-electron chi connectivity index (χ1n) is 7.08. The highest BCUT2D eigenvalue weighted by Crippen LogP contribution is 2.27. The van der Waals surface area contributed by atoms with Gasteiger partial charge in [0.25, 0.3) is 0 Å². The average molecular weight is 320 g/mol. The van der Waals surface area contributed by atoms with Crippen LogP contribution in [-0.4, -0.2) is 35.7 Å². The summed E-state index contributed by atoms with van der Waals surface area (Å²) in [4.78, 5) is 0. The Morgan fingerprint density at radius 3 is 2.70 bits per heavy atom. The first-order valence-corrected chi connectivity index (χ1v) is 9.28. The van der Waals surface area contributed by atoms with Gasteiger partial charge in [0, 0.05) is 19.0 Å². The number of hydrogen-bond donors (Lipinski definition) is 1. The lowest BCUT2D eigenvalue weighted by molar-refractivity contribution is 0.447. The van der Waals surface area contributed by atoms with Gasteiger partial charge in [-0.2, -0.15) is 5.10 Å². The van der Waals surface area contributed by atoms with E-state index in [0.717, 1.165) is 24.4 Å². The molecule has 2 atom stereocenters. The third kappa shape index (κ3) is 3.18. The van der Waals surface area contributed by atoms with Crippen LogP contribution in [0, 0.1) is 5.92 Å². The Labute approximate surface area is 125 Å². The Balaban J connectivity index is 2.15. The van der Waals surface area contributed by atoms with Crippen LogP contribution in [0.4, 0.5) is 0 Å². The van der Waals surface area contributed by atoms with Crippen molar-refractivity contribution < 1.29 is 8.42 Å². The molecule has 5 nitrogen and oxygen atoms in total. The van der Waals surface area contributed by atoms with Gasteiger partial charge >= 0.3 is 0 Å². The summed E-state index contributed by atoms with van der Waals surface area (Å²) in [6, 6.07) is -0.184. The minimum Gasteiger partial charge on any atom is -0.327 e. The molecule has 7 heteroatoms. The molecular weight excluding hydrogens is 298 g/mol. The molecule has 1 fully saturated rings. The van der Waals surface area contributed by atoms with Crippen molar-refractivity contribution >= 4 is 21.4 Å². The van der Waals surface area contributed by atoms with E-state index in [9.17, 15) is 8.42 Å². The van der Waals surface area contributed by atoms with Crippen molar-refractivity contribution in [1.82, 2.24) is 9.78 Å². The summed E-state index contributed by atoms with van der Waals surface area (Å²) in [5, 5.41) is 5.15. The molecule has 2 heterocycles. The zero-order chi connectivity index (χ0) is 14.9. The van der Waals surface area contributed by atoms with E-state index in [4.69, 9.17) is 17.3 Å². The van der Waals surface area contributed by atoms with Crippen LogP contribution in [0.1, 0.15) is 31.7 Å². The summed E-state index contributed by atoms with van der Waals surface area (Å²) >= 11 is 6.36. The number of nitrogens with two attached hydrogens (primary N) is 1. The van der Waals surface area contributed by atoms with E-state index in [-0.39, 0.29) is 23.5 Å². The van der Waals surface area contributed by atoms with Crippen molar-refractivity contribution in [2.75, 3.05) is 11.5 Å². The predicted molar refractivity (Wildman–Crippen MR) is 80.7 cm³/mol. The van der Waals surface area contributed by atoms with Gasteiger partial charge in [-0.05, 0) is 25.7 Å². The number of rotatable bonds is 5. The number of aryl methyl sites for hydroxylation is 2. The summed E-state index contributed by atoms with van der Waals surface area (Å²) < 4.78 is 25.0. The van der Waals surface area contributed by atoms with Crippen LogP contribution in [0.3, 0.4) is 0 Å². The molecule has 2 unspecified atom stereocenters. The van der Waals surface area contributed by atoms with Gasteiger partial charge in [0.05, 0.1) is 27.9 Å². The monoisotopic (exact) mass is 319 g/mol. The second-order valence-electron chi connectivity index (χ2n) is 5.41. The quantitative estimate of drug-likeness (QED) is 0.890. The molecule has 0 spiro atoms. The molecule has 1 aliphatic heterocycles. The van der Waals surface area contributed by atoms with Crippen LogP contribution in [0.2, 0.25) is 5.02 Å². The first kappa shape index (κ1) is 15.8. The fraction of sp³-hybridized carbons (Fsp3) is 0.769. The third-order valence-electron chi connectivity index (χ3n) is 4.00. The minimum atomic E-state index is -2.89. The number of aromatic nitrogens is 2. The lowest BCUT2D eigenvalue weighted by atomic mass is 9.96. The molecule has 2 N–H and O–H groups in total. The highest BCUT2D eigenvalue weighted by Gasteiger charge is 2.33. The van der Waals surface area contributed by atoms with Crippen molar-refractivity contribution in [3.05, 3.63) is 16.4 Å². The molecule has 1 aromatic rings. The Morgan fingerprint density at radius 1 is 1.50 bits per heavy atom. The Morgan fingerprint density at radius 2 is 2.20 bits per heavy atom. The number of hydrogen-bond acceptors (Lipinski definition) is 4. The SMILES string of the molecule is CCc1nn(CC)c(CC(N)C2CCS(=O)(=O)C2)c1Cl. The van der Waals surface area contributed by atoms with Crippen molar-refractivity contribution in [3.8, 4) is 0 Å². The zero-order valence-corrected chi connectivity index (χ0v) is 13.5. The molecule has 20 heavy (non-hydrogen) atoms. The lowest BCUT2D eigenvalue weighted by Gasteiger charge is -2.18. The lowest BCUT2D eigenvalue weighted by Crippen LogP contribution is -2.34. The minimum absolute atomic E-state index is 0.0290. The van der Waals surface area contributed by atoms with E-state index < -0.39 is 9.84 Å². The van der Waals surface area contributed by atoms with Gasteiger partial charge in [0.2, 0.25) is 0 Å². The van der Waals surface area contributed by atoms with Gasteiger partial charge < -0.3 is 5.73 Å². The molecule has 2 rings (SSSR count). The standard InChI is InChI=1S/C13H22ClN3O2S/c1-3-11-13(14)12(17(4-2)16-11)7-10(15)9-5-6-20(18,19)8-9/h9-10H,3-8,15H2,1-2H3. The Hall–Kier alpha value is -0.590. The Kier molecular flexibility index (Phi) is 4.76. The zero-order valence-electron chi connectivity index (χ0n) is 12.0. The molecule has 114 valence electrons. The average Bonchev–Trinajstić information content (AvgIpc) is 2.91. The van der Waals surface area contributed by atoms with Crippen LogP contribution in [0.25, 0.3) is 0 Å². The molecule has 0 amide bonds. The largest absolute Gasteiger partial charge is 0.327 e. The number of nitrogens with zero attached hydrogens (tertiary/aromatic N) is 2. The maximum Gasteiger partial charge on any atom is 0.150 e. The maximum atomic E-state index is 11.5. The van der Waals surface area contributed by atoms with Crippen molar-refractivity contribution in [2.24, 2.45) is 11.7 Å². The van der Waals surface area contributed by atoms with E-state index in [1.807, 2.05) is 18.5 Å². The maximum absolute atomic E-state index is 11.5. The topological polar surface area (TPSA) is 78.0 Å². The normalized spacial score (nSPS) is 23.1. The van der Waals surface area contributed by atoms with Gasteiger partial charge in [-0.1, -0.05) is 18.5 Å². The van der Waals surface area contributed by atoms with Gasteiger partial charge in [0.15, 0.2) is 9.84 Å². The molecule has 1 aliphatic rings. The van der Waals surface area contributed by atoms with Crippen LogP contribution in [0.5, 0.6) is 0 Å². The highest BCUT2D eigenvalue weighted by molar-refractivity contribution is 7.91. The Bertz CT molecular complexity index is 583. The number of sulfone groups is 1. The molecular formula is C13H22ClN3O2S. The van der Waals surface area contributed by atoms with E-state index in [2.05, 4.69) is 5.10 Å². The van der Waals surface area contributed by atoms with Crippen LogP contribution in [0.15, 0.2) is 0 Å². The molecule has 0 aliphatic carbocycles. The van der Waals surface area contributed by atoms with Gasteiger partial charge in [-0.25, -0.2) is 8.42 Å². The van der Waals surface area contributed by atoms with E-state index >= 15 is 0 Å². The molecule has 1 aromatic heterocycles. The van der Waals surface area contributed by atoms with E-state index in [0.29, 0.717) is 17.9 Å². The molecule has 0 aromatic carbocycles. The van der Waals surface area contributed by atoms with Gasteiger partial charge in [-0.3, -0.25) is 4.68 Å².